The van der Waals surface area contributed by atoms with Crippen molar-refractivity contribution < 1.29 is 4.79 Å². The van der Waals surface area contributed by atoms with Crippen LogP contribution in [0.4, 0.5) is 11.4 Å². The van der Waals surface area contributed by atoms with Crippen molar-refractivity contribution in [3.8, 4) is 0 Å². The third kappa shape index (κ3) is 3.57. The van der Waals surface area contributed by atoms with Gasteiger partial charge < -0.3 is 15.1 Å². The van der Waals surface area contributed by atoms with Crippen LogP contribution >= 0.6 is 0 Å². The smallest absolute Gasteiger partial charge is 0.274 e. The molecule has 1 aliphatic rings. The molecule has 1 aliphatic heterocycles. The number of anilines is 2. The second-order valence-corrected chi connectivity index (χ2v) is 6.39. The molecular formula is C19H24N4O. The Morgan fingerprint density at radius 3 is 2.50 bits per heavy atom. The van der Waals surface area contributed by atoms with Gasteiger partial charge in [0, 0.05) is 31.9 Å². The van der Waals surface area contributed by atoms with Gasteiger partial charge in [0.25, 0.3) is 5.91 Å². The summed E-state index contributed by atoms with van der Waals surface area (Å²) in [4.78, 5) is 21.4. The minimum absolute atomic E-state index is 0.173. The standard InChI is InChI=1S/C19H24N4O/c1-14-5-4-6-17(15(14)2)21-19(24)18-8-7-16(13-20-18)23-11-9-22(3)10-12-23/h4-8,13H,9-12H2,1-3H3,(H,21,24). The Balaban J connectivity index is 1.69. The van der Waals surface area contributed by atoms with Crippen molar-refractivity contribution >= 4 is 17.3 Å². The Morgan fingerprint density at radius 2 is 1.83 bits per heavy atom. The number of carbonyl (C=O) groups excluding carboxylic acids is 1. The summed E-state index contributed by atoms with van der Waals surface area (Å²) in [5.74, 6) is -0.173. The van der Waals surface area contributed by atoms with E-state index in [0.29, 0.717) is 5.69 Å². The molecule has 0 saturated carbocycles. The molecule has 2 heterocycles. The molecule has 0 spiro atoms. The SMILES string of the molecule is Cc1cccc(NC(=O)c2ccc(N3CCN(C)CC3)cn2)c1C. The van der Waals surface area contributed by atoms with E-state index in [1.54, 1.807) is 12.3 Å². The van der Waals surface area contributed by atoms with Crippen LogP contribution in [0, 0.1) is 13.8 Å². The van der Waals surface area contributed by atoms with Gasteiger partial charge in [0.1, 0.15) is 5.69 Å². The fraction of sp³-hybridized carbons (Fsp3) is 0.368. The van der Waals surface area contributed by atoms with Crippen molar-refractivity contribution in [1.29, 1.82) is 0 Å². The minimum atomic E-state index is -0.173. The van der Waals surface area contributed by atoms with Gasteiger partial charge in [0.15, 0.2) is 0 Å². The number of pyridine rings is 1. The van der Waals surface area contributed by atoms with E-state index in [4.69, 9.17) is 0 Å². The molecular weight excluding hydrogens is 300 g/mol. The molecule has 0 radical (unpaired) electrons. The summed E-state index contributed by atoms with van der Waals surface area (Å²) in [7, 11) is 2.14. The minimum Gasteiger partial charge on any atom is -0.368 e. The molecule has 1 aromatic heterocycles. The lowest BCUT2D eigenvalue weighted by Gasteiger charge is -2.33. The van der Waals surface area contributed by atoms with E-state index in [2.05, 4.69) is 27.1 Å². The predicted molar refractivity (Wildman–Crippen MR) is 97.8 cm³/mol. The summed E-state index contributed by atoms with van der Waals surface area (Å²) >= 11 is 0. The van der Waals surface area contributed by atoms with Crippen LogP contribution < -0.4 is 10.2 Å². The topological polar surface area (TPSA) is 48.5 Å². The molecule has 5 nitrogen and oxygen atoms in total. The van der Waals surface area contributed by atoms with E-state index in [-0.39, 0.29) is 5.91 Å². The number of piperazine rings is 1. The highest BCUT2D eigenvalue weighted by molar-refractivity contribution is 6.03. The molecule has 1 fully saturated rings. The monoisotopic (exact) mass is 324 g/mol. The van der Waals surface area contributed by atoms with Crippen molar-refractivity contribution in [3.63, 3.8) is 0 Å². The van der Waals surface area contributed by atoms with Crippen LogP contribution in [0.2, 0.25) is 0 Å². The first-order valence-corrected chi connectivity index (χ1v) is 8.32. The van der Waals surface area contributed by atoms with E-state index in [0.717, 1.165) is 48.7 Å². The van der Waals surface area contributed by atoms with Crippen LogP contribution in [-0.4, -0.2) is 49.0 Å². The predicted octanol–water partition coefficient (Wildman–Crippen LogP) is 2.70. The van der Waals surface area contributed by atoms with E-state index in [1.807, 2.05) is 38.1 Å². The first-order chi connectivity index (χ1) is 11.5. The number of hydrogen-bond donors (Lipinski definition) is 1. The highest BCUT2D eigenvalue weighted by Crippen LogP contribution is 2.19. The van der Waals surface area contributed by atoms with Gasteiger partial charge in [0.05, 0.1) is 11.9 Å². The molecule has 1 saturated heterocycles. The van der Waals surface area contributed by atoms with Gasteiger partial charge in [-0.3, -0.25) is 4.79 Å². The van der Waals surface area contributed by atoms with E-state index < -0.39 is 0 Å². The number of hydrogen-bond acceptors (Lipinski definition) is 4. The number of rotatable bonds is 3. The Bertz CT molecular complexity index is 719. The lowest BCUT2D eigenvalue weighted by atomic mass is 10.1. The van der Waals surface area contributed by atoms with Crippen LogP contribution in [0.1, 0.15) is 21.6 Å². The fourth-order valence-electron chi connectivity index (χ4n) is 2.84. The first kappa shape index (κ1) is 16.5. The Morgan fingerprint density at radius 1 is 1.08 bits per heavy atom. The van der Waals surface area contributed by atoms with Crippen molar-refractivity contribution in [1.82, 2.24) is 9.88 Å². The summed E-state index contributed by atoms with van der Waals surface area (Å²) in [5.41, 5.74) is 4.59. The highest BCUT2D eigenvalue weighted by atomic mass is 16.1. The van der Waals surface area contributed by atoms with Gasteiger partial charge in [-0.05, 0) is 50.2 Å². The number of benzene rings is 1. The van der Waals surface area contributed by atoms with Gasteiger partial charge >= 0.3 is 0 Å². The maximum absolute atomic E-state index is 12.4. The first-order valence-electron chi connectivity index (χ1n) is 8.32. The van der Waals surface area contributed by atoms with Gasteiger partial charge in [-0.25, -0.2) is 4.98 Å². The van der Waals surface area contributed by atoms with Crippen molar-refractivity contribution in [2.75, 3.05) is 43.4 Å². The van der Waals surface area contributed by atoms with Gasteiger partial charge in [-0.15, -0.1) is 0 Å². The molecule has 0 atom stereocenters. The molecule has 1 aromatic carbocycles. The molecule has 1 N–H and O–H groups in total. The summed E-state index contributed by atoms with van der Waals surface area (Å²) < 4.78 is 0. The molecule has 5 heteroatoms. The van der Waals surface area contributed by atoms with E-state index in [9.17, 15) is 4.79 Å². The Labute approximate surface area is 143 Å². The number of nitrogens with one attached hydrogen (secondary N) is 1. The lowest BCUT2D eigenvalue weighted by molar-refractivity contribution is 0.102. The number of likely N-dealkylation sites (N-methyl/N-ethyl adjacent to an activating group) is 1. The number of carbonyl (C=O) groups is 1. The largest absolute Gasteiger partial charge is 0.368 e. The summed E-state index contributed by atoms with van der Waals surface area (Å²) in [6.07, 6.45) is 1.79. The zero-order valence-electron chi connectivity index (χ0n) is 14.5. The number of nitrogens with zero attached hydrogens (tertiary/aromatic N) is 3. The number of aromatic nitrogens is 1. The zero-order chi connectivity index (χ0) is 17.1. The van der Waals surface area contributed by atoms with Crippen LogP contribution in [0.3, 0.4) is 0 Å². The van der Waals surface area contributed by atoms with Gasteiger partial charge in [0.2, 0.25) is 0 Å². The summed E-state index contributed by atoms with van der Waals surface area (Å²) in [5, 5.41) is 2.95. The van der Waals surface area contributed by atoms with Gasteiger partial charge in [-0.1, -0.05) is 12.1 Å². The number of aryl methyl sites for hydroxylation is 1. The fourth-order valence-corrected chi connectivity index (χ4v) is 2.84. The second-order valence-electron chi connectivity index (χ2n) is 6.39. The molecule has 0 bridgehead atoms. The van der Waals surface area contributed by atoms with Gasteiger partial charge in [-0.2, -0.15) is 0 Å². The molecule has 1 amide bonds. The van der Waals surface area contributed by atoms with Crippen LogP contribution in [0.25, 0.3) is 0 Å². The molecule has 0 aliphatic carbocycles. The van der Waals surface area contributed by atoms with Crippen LogP contribution in [0.5, 0.6) is 0 Å². The van der Waals surface area contributed by atoms with Crippen molar-refractivity contribution in [2.45, 2.75) is 13.8 Å². The molecule has 24 heavy (non-hydrogen) atoms. The van der Waals surface area contributed by atoms with E-state index >= 15 is 0 Å². The molecule has 0 unspecified atom stereocenters. The summed E-state index contributed by atoms with van der Waals surface area (Å²) in [6, 6.07) is 9.68. The zero-order valence-corrected chi connectivity index (χ0v) is 14.5. The van der Waals surface area contributed by atoms with Crippen molar-refractivity contribution in [3.05, 3.63) is 53.3 Å². The van der Waals surface area contributed by atoms with Crippen molar-refractivity contribution in [2.24, 2.45) is 0 Å². The quantitative estimate of drug-likeness (QED) is 0.943. The summed E-state index contributed by atoms with van der Waals surface area (Å²) in [6.45, 7) is 8.13. The maximum atomic E-state index is 12.4. The second kappa shape index (κ2) is 7.01. The normalized spacial score (nSPS) is 15.4. The highest BCUT2D eigenvalue weighted by Gasteiger charge is 2.15. The Hall–Kier alpha value is -2.40. The third-order valence-electron chi connectivity index (χ3n) is 4.70. The average molecular weight is 324 g/mol. The molecule has 126 valence electrons. The van der Waals surface area contributed by atoms with E-state index in [1.165, 1.54) is 0 Å². The maximum Gasteiger partial charge on any atom is 0.274 e. The van der Waals surface area contributed by atoms with Crippen LogP contribution in [-0.2, 0) is 0 Å². The van der Waals surface area contributed by atoms with Crippen LogP contribution in [0.15, 0.2) is 36.5 Å². The lowest BCUT2D eigenvalue weighted by Crippen LogP contribution is -2.44. The number of amides is 1. The third-order valence-corrected chi connectivity index (χ3v) is 4.70. The molecule has 3 rings (SSSR count). The Kier molecular flexibility index (Phi) is 4.81. The average Bonchev–Trinajstić information content (AvgIpc) is 2.60. The molecule has 2 aromatic rings.